The summed E-state index contributed by atoms with van der Waals surface area (Å²) < 4.78 is 36.3. The summed E-state index contributed by atoms with van der Waals surface area (Å²) in [5.41, 5.74) is 8.85. The van der Waals surface area contributed by atoms with Gasteiger partial charge < -0.3 is 0 Å². The van der Waals surface area contributed by atoms with E-state index in [-0.39, 0.29) is 5.69 Å². The molecule has 0 bridgehead atoms. The molecule has 0 unspecified atom stereocenters. The molecule has 0 N–H and O–H groups in total. The van der Waals surface area contributed by atoms with Gasteiger partial charge in [-0.2, -0.15) is 5.10 Å². The zero-order valence-electron chi connectivity index (χ0n) is 9.88. The molecule has 20 heavy (non-hydrogen) atoms. The van der Waals surface area contributed by atoms with Gasteiger partial charge in [0, 0.05) is 10.5 Å². The third-order valence-corrected chi connectivity index (χ3v) is 3.43. The first kappa shape index (κ1) is 13.8. The minimum atomic E-state index is -3.94. The lowest BCUT2D eigenvalue weighted by molar-refractivity contribution is 0.583. The van der Waals surface area contributed by atoms with Crippen LogP contribution >= 0.6 is 0 Å². The fraction of sp³-hybridized carbons (Fsp3) is 0.100. The zero-order valence-corrected chi connectivity index (χ0v) is 10.7. The van der Waals surface area contributed by atoms with E-state index in [1.165, 1.54) is 30.5 Å². The second kappa shape index (κ2) is 5.59. The topological polar surface area (TPSA) is 122 Å². The summed E-state index contributed by atoms with van der Waals surface area (Å²) in [5, 5.41) is 9.36. The molecule has 10 heteroatoms. The van der Waals surface area contributed by atoms with E-state index in [1.807, 2.05) is 0 Å². The Hall–Kier alpha value is -2.58. The second-order valence-electron chi connectivity index (χ2n) is 3.61. The lowest BCUT2D eigenvalue weighted by atomic mass is 10.2. The molecular weight excluding hydrogens is 287 g/mol. The molecule has 2 aromatic rings. The van der Waals surface area contributed by atoms with Gasteiger partial charge in [-0.15, -0.1) is 5.10 Å². The van der Waals surface area contributed by atoms with Gasteiger partial charge in [0.15, 0.2) is 0 Å². The Morgan fingerprint density at radius 2 is 2.00 bits per heavy atom. The third kappa shape index (κ3) is 3.05. The number of hydrogen-bond donors (Lipinski definition) is 0. The molecule has 1 aromatic carbocycles. The van der Waals surface area contributed by atoms with E-state index < -0.39 is 26.7 Å². The van der Waals surface area contributed by atoms with Gasteiger partial charge in [0.25, 0.3) is 5.16 Å². The highest BCUT2D eigenvalue weighted by Gasteiger charge is 2.18. The van der Waals surface area contributed by atoms with Gasteiger partial charge in [-0.3, -0.25) is 0 Å². The monoisotopic (exact) mass is 294 g/mol. The predicted octanol–water partition coefficient (Wildman–Crippen LogP) is 1.72. The number of nitrogens with zero attached hydrogens (tertiary/aromatic N) is 6. The number of benzene rings is 1. The molecule has 8 nitrogen and oxygen atoms in total. The highest BCUT2D eigenvalue weighted by atomic mass is 32.2. The van der Waals surface area contributed by atoms with Gasteiger partial charge in [0.1, 0.15) is 11.7 Å². The molecule has 0 spiro atoms. The maximum Gasteiger partial charge on any atom is 0.268 e. The first-order valence-corrected chi connectivity index (χ1v) is 6.87. The summed E-state index contributed by atoms with van der Waals surface area (Å²) in [4.78, 5) is 6.19. The molecule has 0 aliphatic heterocycles. The molecule has 0 amide bonds. The van der Waals surface area contributed by atoms with E-state index in [9.17, 15) is 12.8 Å². The zero-order chi connectivity index (χ0) is 14.6. The van der Waals surface area contributed by atoms with Gasteiger partial charge >= 0.3 is 0 Å². The number of hydrogen-bond acceptors (Lipinski definition) is 6. The second-order valence-corrected chi connectivity index (χ2v) is 5.46. The van der Waals surface area contributed by atoms with E-state index in [0.717, 1.165) is 0 Å². The molecule has 0 saturated carbocycles. The maximum atomic E-state index is 12.8. The van der Waals surface area contributed by atoms with Crippen LogP contribution in [0.1, 0.15) is 0 Å². The van der Waals surface area contributed by atoms with Crippen molar-refractivity contribution in [2.24, 2.45) is 5.11 Å². The molecule has 1 heterocycles. The number of rotatable bonds is 4. The lowest BCUT2D eigenvalue weighted by Crippen LogP contribution is -2.10. The summed E-state index contributed by atoms with van der Waals surface area (Å²) in [6.07, 6.45) is 1.25. The van der Waals surface area contributed by atoms with Crippen molar-refractivity contribution in [3.05, 3.63) is 46.7 Å². The summed E-state index contributed by atoms with van der Waals surface area (Å²) >= 11 is 0. The molecule has 0 atom stereocenters. The van der Waals surface area contributed by atoms with Crippen molar-refractivity contribution < 1.29 is 12.8 Å². The average Bonchev–Trinajstić information content (AvgIpc) is 2.46. The van der Waals surface area contributed by atoms with Crippen LogP contribution < -0.4 is 0 Å². The van der Waals surface area contributed by atoms with E-state index in [0.29, 0.717) is 5.56 Å². The van der Waals surface area contributed by atoms with Crippen LogP contribution in [0.4, 0.5) is 4.39 Å². The number of aromatic nitrogens is 3. The molecule has 102 valence electrons. The van der Waals surface area contributed by atoms with Crippen molar-refractivity contribution in [2.45, 2.75) is 5.16 Å². The Balaban J connectivity index is 2.42. The molecule has 1 aromatic heterocycles. The van der Waals surface area contributed by atoms with Gasteiger partial charge in [0.2, 0.25) is 9.84 Å². The molecule has 0 aliphatic rings. The Labute approximate surface area is 112 Å². The Bertz CT molecular complexity index is 771. The normalized spacial score (nSPS) is 10.8. The summed E-state index contributed by atoms with van der Waals surface area (Å²) in [6, 6.07) is 5.30. The van der Waals surface area contributed by atoms with Gasteiger partial charge in [0.05, 0.1) is 11.9 Å². The van der Waals surface area contributed by atoms with E-state index >= 15 is 0 Å². The maximum absolute atomic E-state index is 12.8. The summed E-state index contributed by atoms with van der Waals surface area (Å²) in [5.74, 6) is -1.22. The predicted molar refractivity (Wildman–Crippen MR) is 66.4 cm³/mol. The van der Waals surface area contributed by atoms with Gasteiger partial charge in [-0.25, -0.2) is 17.8 Å². The van der Waals surface area contributed by atoms with Crippen LogP contribution in [0.2, 0.25) is 0 Å². The van der Waals surface area contributed by atoms with Crippen LogP contribution in [-0.2, 0) is 9.84 Å². The van der Waals surface area contributed by atoms with Crippen molar-refractivity contribution >= 4 is 9.84 Å². The largest absolute Gasteiger partial charge is 0.268 e. The first-order valence-electron chi connectivity index (χ1n) is 5.22. The van der Waals surface area contributed by atoms with Crippen LogP contribution in [0, 0.1) is 5.82 Å². The fourth-order valence-electron chi connectivity index (χ4n) is 1.34. The molecular formula is C10H7FN6O2S. The number of halogens is 1. The Kier molecular flexibility index (Phi) is 3.87. The van der Waals surface area contributed by atoms with E-state index in [1.54, 1.807) is 0 Å². The average molecular weight is 294 g/mol. The van der Waals surface area contributed by atoms with Crippen LogP contribution in [0.5, 0.6) is 0 Å². The molecule has 0 saturated heterocycles. The van der Waals surface area contributed by atoms with Crippen molar-refractivity contribution in [3.8, 4) is 11.3 Å². The fourth-order valence-corrected chi connectivity index (χ4v) is 2.07. The standard InChI is InChI=1S/C10H7FN6O2S/c11-8-3-1-7(2-4-8)9-5-13-16-10(15-9)20(18,19)6-14-17-12/h1-5H,6H2. The summed E-state index contributed by atoms with van der Waals surface area (Å²) in [7, 11) is -3.94. The molecule has 0 fully saturated rings. The molecule has 0 aliphatic carbocycles. The van der Waals surface area contributed by atoms with Crippen molar-refractivity contribution in [3.63, 3.8) is 0 Å². The van der Waals surface area contributed by atoms with E-state index in [2.05, 4.69) is 25.2 Å². The minimum absolute atomic E-state index is 0.222. The highest BCUT2D eigenvalue weighted by Crippen LogP contribution is 2.17. The highest BCUT2D eigenvalue weighted by molar-refractivity contribution is 7.91. The smallest absolute Gasteiger partial charge is 0.220 e. The van der Waals surface area contributed by atoms with Crippen LogP contribution in [-0.4, -0.2) is 29.5 Å². The Morgan fingerprint density at radius 1 is 1.30 bits per heavy atom. The number of sulfone groups is 1. The SMILES string of the molecule is [N-]=[N+]=NCS(=O)(=O)c1nncc(-c2ccc(F)cc2)n1. The molecule has 0 radical (unpaired) electrons. The van der Waals surface area contributed by atoms with Crippen molar-refractivity contribution in [2.75, 3.05) is 5.88 Å². The van der Waals surface area contributed by atoms with Gasteiger partial charge in [-0.05, 0) is 29.8 Å². The van der Waals surface area contributed by atoms with Crippen LogP contribution in [0.25, 0.3) is 21.7 Å². The van der Waals surface area contributed by atoms with Crippen LogP contribution in [0.3, 0.4) is 0 Å². The minimum Gasteiger partial charge on any atom is -0.220 e. The Morgan fingerprint density at radius 3 is 2.65 bits per heavy atom. The third-order valence-electron chi connectivity index (χ3n) is 2.25. The lowest BCUT2D eigenvalue weighted by Gasteiger charge is -2.02. The van der Waals surface area contributed by atoms with Gasteiger partial charge in [-0.1, -0.05) is 5.11 Å². The summed E-state index contributed by atoms with van der Waals surface area (Å²) in [6.45, 7) is 0. The quantitative estimate of drug-likeness (QED) is 0.482. The first-order chi connectivity index (χ1) is 9.53. The van der Waals surface area contributed by atoms with E-state index in [4.69, 9.17) is 5.53 Å². The van der Waals surface area contributed by atoms with Crippen LogP contribution in [0.15, 0.2) is 40.7 Å². The number of azide groups is 1. The molecule has 2 rings (SSSR count). The van der Waals surface area contributed by atoms with Crippen molar-refractivity contribution in [1.29, 1.82) is 0 Å². The van der Waals surface area contributed by atoms with Crippen molar-refractivity contribution in [1.82, 2.24) is 15.2 Å².